The van der Waals surface area contributed by atoms with Crippen LogP contribution in [0.5, 0.6) is 0 Å². The standard InChI is InChI=1S/C20H21Cl2N3S.C4H4O4/c1-13(12-25(2)3)26-19-11-23-20(15-6-4-5-7-17(15)22)16-10-14(21)8-9-18(16)24-19;5-3(6)1-2-4(7)8/h4-10,13H,11-12H2,1-3H3;1-2H,(H,5,6)(H,7,8)/b;2-1+. The van der Waals surface area contributed by atoms with Crippen molar-refractivity contribution in [2.75, 3.05) is 27.2 Å². The van der Waals surface area contributed by atoms with Crippen LogP contribution in [-0.2, 0) is 9.59 Å². The summed E-state index contributed by atoms with van der Waals surface area (Å²) in [7, 11) is 4.16. The minimum Gasteiger partial charge on any atom is -0.478 e. The van der Waals surface area contributed by atoms with E-state index in [2.05, 4.69) is 25.9 Å². The van der Waals surface area contributed by atoms with Gasteiger partial charge in [0.05, 0.1) is 23.0 Å². The summed E-state index contributed by atoms with van der Waals surface area (Å²) in [5.74, 6) is -2.51. The molecule has 0 saturated carbocycles. The first-order valence-electron chi connectivity index (χ1n) is 10.2. The number of hydrogen-bond donors (Lipinski definition) is 2. The number of carboxylic acids is 2. The number of fused-ring (bicyclic) bond motifs is 1. The summed E-state index contributed by atoms with van der Waals surface area (Å²) < 4.78 is 0. The molecule has 0 aliphatic carbocycles. The van der Waals surface area contributed by atoms with Gasteiger partial charge in [0.1, 0.15) is 0 Å². The Hall–Kier alpha value is -2.65. The third kappa shape index (κ3) is 8.95. The molecule has 0 saturated heterocycles. The maximum atomic E-state index is 9.55. The Bertz CT molecular complexity index is 1120. The van der Waals surface area contributed by atoms with E-state index in [1.165, 1.54) is 0 Å². The van der Waals surface area contributed by atoms with E-state index in [4.69, 9.17) is 43.4 Å². The number of halogens is 2. The van der Waals surface area contributed by atoms with Gasteiger partial charge in [0.25, 0.3) is 0 Å². The van der Waals surface area contributed by atoms with Crippen LogP contribution in [0.2, 0.25) is 10.0 Å². The summed E-state index contributed by atoms with van der Waals surface area (Å²) >= 11 is 14.5. The Morgan fingerprint density at radius 3 is 2.32 bits per heavy atom. The van der Waals surface area contributed by atoms with Crippen molar-refractivity contribution in [3.8, 4) is 0 Å². The Balaban J connectivity index is 0.000000440. The van der Waals surface area contributed by atoms with E-state index < -0.39 is 11.9 Å². The molecule has 2 aromatic carbocycles. The Morgan fingerprint density at radius 1 is 1.09 bits per heavy atom. The van der Waals surface area contributed by atoms with Crippen molar-refractivity contribution in [2.45, 2.75) is 12.2 Å². The van der Waals surface area contributed by atoms with E-state index in [1.54, 1.807) is 11.8 Å². The highest BCUT2D eigenvalue weighted by Gasteiger charge is 2.20. The molecule has 2 N–H and O–H groups in total. The van der Waals surface area contributed by atoms with E-state index in [1.807, 2.05) is 42.5 Å². The number of rotatable bonds is 6. The minimum atomic E-state index is -1.26. The van der Waals surface area contributed by atoms with Crippen LogP contribution < -0.4 is 0 Å². The van der Waals surface area contributed by atoms with Gasteiger partial charge < -0.3 is 15.1 Å². The molecule has 10 heteroatoms. The molecule has 1 heterocycles. The molecule has 7 nitrogen and oxygen atoms in total. The summed E-state index contributed by atoms with van der Waals surface area (Å²) in [5.41, 5.74) is 3.54. The van der Waals surface area contributed by atoms with E-state index in [-0.39, 0.29) is 0 Å². The average molecular weight is 522 g/mol. The lowest BCUT2D eigenvalue weighted by molar-refractivity contribution is -0.134. The highest BCUT2D eigenvalue weighted by Crippen LogP contribution is 2.32. The monoisotopic (exact) mass is 521 g/mol. The topological polar surface area (TPSA) is 103 Å². The van der Waals surface area contributed by atoms with Crippen LogP contribution in [0.4, 0.5) is 5.69 Å². The zero-order valence-corrected chi connectivity index (χ0v) is 21.2. The van der Waals surface area contributed by atoms with Crippen LogP contribution in [0, 0.1) is 0 Å². The predicted molar refractivity (Wildman–Crippen MR) is 141 cm³/mol. The molecule has 1 aliphatic heterocycles. The molecule has 0 aromatic heterocycles. The van der Waals surface area contributed by atoms with Gasteiger partial charge in [-0.05, 0) is 38.4 Å². The van der Waals surface area contributed by atoms with Crippen molar-refractivity contribution in [3.05, 3.63) is 75.8 Å². The molecule has 1 unspecified atom stereocenters. The van der Waals surface area contributed by atoms with Gasteiger partial charge in [-0.2, -0.15) is 0 Å². The third-order valence-corrected chi connectivity index (χ3v) is 5.90. The fraction of sp³-hybridized carbons (Fsp3) is 0.250. The first-order chi connectivity index (χ1) is 16.1. The molecule has 1 aliphatic rings. The van der Waals surface area contributed by atoms with Gasteiger partial charge in [-0.25, -0.2) is 14.6 Å². The second-order valence-corrected chi connectivity index (χ2v) is 9.87. The molecule has 0 amide bonds. The molecule has 3 rings (SSSR count). The maximum Gasteiger partial charge on any atom is 0.328 e. The zero-order chi connectivity index (χ0) is 25.3. The normalized spacial score (nSPS) is 13.8. The fourth-order valence-corrected chi connectivity index (χ4v) is 4.60. The van der Waals surface area contributed by atoms with E-state index in [0.717, 1.165) is 34.1 Å². The van der Waals surface area contributed by atoms with E-state index in [9.17, 15) is 9.59 Å². The third-order valence-electron chi connectivity index (χ3n) is 4.29. The molecule has 34 heavy (non-hydrogen) atoms. The van der Waals surface area contributed by atoms with Crippen LogP contribution >= 0.6 is 35.0 Å². The number of carboxylic acid groups (broad SMARTS) is 2. The Kier molecular flexibility index (Phi) is 10.8. The number of nitrogens with zero attached hydrogens (tertiary/aromatic N) is 3. The zero-order valence-electron chi connectivity index (χ0n) is 18.9. The molecule has 0 radical (unpaired) electrons. The van der Waals surface area contributed by atoms with Crippen LogP contribution in [-0.4, -0.2) is 70.2 Å². The lowest BCUT2D eigenvalue weighted by atomic mass is 10.0. The second-order valence-electron chi connectivity index (χ2n) is 7.51. The summed E-state index contributed by atoms with van der Waals surface area (Å²) in [6.07, 6.45) is 1.12. The van der Waals surface area contributed by atoms with Crippen LogP contribution in [0.15, 0.2) is 64.6 Å². The van der Waals surface area contributed by atoms with Crippen molar-refractivity contribution in [1.29, 1.82) is 0 Å². The predicted octanol–water partition coefficient (Wildman–Crippen LogP) is 5.27. The van der Waals surface area contributed by atoms with Gasteiger partial charge in [-0.1, -0.05) is 48.3 Å². The summed E-state index contributed by atoms with van der Waals surface area (Å²) in [5, 5.41) is 18.4. The van der Waals surface area contributed by atoms with Crippen molar-refractivity contribution >= 4 is 63.3 Å². The highest BCUT2D eigenvalue weighted by atomic mass is 35.5. The molecule has 0 fully saturated rings. The number of carbonyl (C=O) groups is 2. The van der Waals surface area contributed by atoms with Gasteiger partial charge in [0, 0.05) is 45.1 Å². The molecule has 180 valence electrons. The minimum absolute atomic E-state index is 0.427. The van der Waals surface area contributed by atoms with Crippen molar-refractivity contribution in [1.82, 2.24) is 4.90 Å². The van der Waals surface area contributed by atoms with E-state index in [0.29, 0.717) is 34.0 Å². The van der Waals surface area contributed by atoms with Gasteiger partial charge in [0.15, 0.2) is 0 Å². The van der Waals surface area contributed by atoms with Crippen LogP contribution in [0.1, 0.15) is 18.1 Å². The van der Waals surface area contributed by atoms with Gasteiger partial charge >= 0.3 is 11.9 Å². The maximum absolute atomic E-state index is 9.55. The quantitative estimate of drug-likeness (QED) is 0.502. The Labute approximate surface area is 212 Å². The molecule has 2 aromatic rings. The number of hydrogen-bond acceptors (Lipinski definition) is 6. The lowest BCUT2D eigenvalue weighted by Crippen LogP contribution is -2.22. The molecular formula is C24H25Cl2N3O4S. The number of benzene rings is 2. The van der Waals surface area contributed by atoms with Crippen molar-refractivity contribution in [3.63, 3.8) is 0 Å². The van der Waals surface area contributed by atoms with Crippen LogP contribution in [0.3, 0.4) is 0 Å². The molecule has 0 bridgehead atoms. The molecule has 1 atom stereocenters. The fourth-order valence-electron chi connectivity index (χ4n) is 3.07. The SMILES string of the molecule is CC(CN(C)C)SC1=Nc2ccc(Cl)cc2C(c2ccccc2Cl)=NC1.O=C(O)/C=C/C(=O)O. The molecule has 0 spiro atoms. The summed E-state index contributed by atoms with van der Waals surface area (Å²) in [4.78, 5) is 31.0. The first kappa shape index (κ1) is 27.6. The Morgan fingerprint density at radius 2 is 1.74 bits per heavy atom. The van der Waals surface area contributed by atoms with Gasteiger partial charge in [-0.15, -0.1) is 11.8 Å². The largest absolute Gasteiger partial charge is 0.478 e. The average Bonchev–Trinajstić information content (AvgIpc) is 2.91. The lowest BCUT2D eigenvalue weighted by Gasteiger charge is -2.16. The summed E-state index contributed by atoms with van der Waals surface area (Å²) in [6.45, 7) is 3.73. The van der Waals surface area contributed by atoms with Crippen molar-refractivity contribution < 1.29 is 19.8 Å². The van der Waals surface area contributed by atoms with Gasteiger partial charge in [0.2, 0.25) is 0 Å². The van der Waals surface area contributed by atoms with Crippen molar-refractivity contribution in [2.24, 2.45) is 9.98 Å². The van der Waals surface area contributed by atoms with Gasteiger partial charge in [-0.3, -0.25) is 4.99 Å². The van der Waals surface area contributed by atoms with E-state index >= 15 is 0 Å². The summed E-state index contributed by atoms with van der Waals surface area (Å²) in [6, 6.07) is 13.5. The number of aliphatic imine (C=N–C) groups is 2. The number of aliphatic carboxylic acids is 2. The van der Waals surface area contributed by atoms with Crippen LogP contribution in [0.25, 0.3) is 0 Å². The second kappa shape index (κ2) is 13.3. The smallest absolute Gasteiger partial charge is 0.328 e. The number of thioether (sulfide) groups is 1. The first-order valence-corrected chi connectivity index (χ1v) is 11.8. The highest BCUT2D eigenvalue weighted by molar-refractivity contribution is 8.14. The molecular weight excluding hydrogens is 497 g/mol.